The molecule has 0 aromatic carbocycles. The van der Waals surface area contributed by atoms with Crippen LogP contribution in [0.2, 0.25) is 0 Å². The van der Waals surface area contributed by atoms with Crippen LogP contribution < -0.4 is 5.32 Å². The first-order valence-electron chi connectivity index (χ1n) is 6.21. The zero-order valence-electron chi connectivity index (χ0n) is 11.0. The van der Waals surface area contributed by atoms with Crippen LogP contribution in [0.25, 0.3) is 0 Å². The van der Waals surface area contributed by atoms with Gasteiger partial charge in [-0.15, -0.1) is 5.10 Å². The Morgan fingerprint density at radius 2 is 2.12 bits per heavy atom. The fourth-order valence-electron chi connectivity index (χ4n) is 1.50. The molecule has 0 aliphatic heterocycles. The van der Waals surface area contributed by atoms with Crippen LogP contribution in [0.15, 0.2) is 0 Å². The van der Waals surface area contributed by atoms with Crippen molar-refractivity contribution >= 4 is 11.8 Å². The molecule has 0 radical (unpaired) electrons. The van der Waals surface area contributed by atoms with Gasteiger partial charge in [-0.05, 0) is 35.3 Å². The predicted octanol–water partition coefficient (Wildman–Crippen LogP) is 1.70. The van der Waals surface area contributed by atoms with Crippen LogP contribution in [0.4, 0.5) is 0 Å². The molecule has 0 fully saturated rings. The van der Waals surface area contributed by atoms with Crippen LogP contribution in [0.5, 0.6) is 0 Å². The van der Waals surface area contributed by atoms with E-state index in [0.29, 0.717) is 6.04 Å². The van der Waals surface area contributed by atoms with E-state index in [-0.39, 0.29) is 0 Å². The molecule has 0 saturated heterocycles. The molecule has 1 N–H and O–H groups in total. The number of nitrogens with zero attached hydrogens (tertiary/aromatic N) is 4. The minimum atomic E-state index is 0.460. The maximum absolute atomic E-state index is 4.04. The van der Waals surface area contributed by atoms with Crippen molar-refractivity contribution in [2.75, 3.05) is 12.0 Å². The third-order valence-corrected chi connectivity index (χ3v) is 3.19. The van der Waals surface area contributed by atoms with Crippen LogP contribution in [-0.4, -0.2) is 38.3 Å². The Balaban J connectivity index is 2.25. The Morgan fingerprint density at radius 1 is 1.29 bits per heavy atom. The zero-order chi connectivity index (χ0) is 12.5. The van der Waals surface area contributed by atoms with Crippen LogP contribution >= 0.6 is 11.8 Å². The van der Waals surface area contributed by atoms with Crippen molar-refractivity contribution in [2.45, 2.75) is 52.2 Å². The number of aryl methyl sites for hydroxylation is 1. The molecular weight excluding hydrogens is 234 g/mol. The highest BCUT2D eigenvalue weighted by Gasteiger charge is 2.05. The van der Waals surface area contributed by atoms with Gasteiger partial charge in [0.15, 0.2) is 5.82 Å². The molecule has 0 aliphatic rings. The minimum absolute atomic E-state index is 0.460. The molecule has 1 aromatic heterocycles. The van der Waals surface area contributed by atoms with Gasteiger partial charge in [0.25, 0.3) is 0 Å². The molecular formula is C11H23N5S. The summed E-state index contributed by atoms with van der Waals surface area (Å²) < 4.78 is 1.91. The zero-order valence-corrected chi connectivity index (χ0v) is 11.8. The highest BCUT2D eigenvalue weighted by atomic mass is 32.2. The van der Waals surface area contributed by atoms with E-state index in [4.69, 9.17) is 0 Å². The van der Waals surface area contributed by atoms with E-state index >= 15 is 0 Å². The fraction of sp³-hybridized carbons (Fsp3) is 0.909. The summed E-state index contributed by atoms with van der Waals surface area (Å²) in [5, 5.41) is 15.1. The first-order chi connectivity index (χ1) is 8.24. The summed E-state index contributed by atoms with van der Waals surface area (Å²) in [4.78, 5) is 0. The molecule has 0 saturated carbocycles. The first-order valence-corrected chi connectivity index (χ1v) is 7.60. The predicted molar refractivity (Wildman–Crippen MR) is 72.0 cm³/mol. The largest absolute Gasteiger partial charge is 0.308 e. The van der Waals surface area contributed by atoms with Crippen molar-refractivity contribution in [3.63, 3.8) is 0 Å². The number of nitrogens with one attached hydrogen (secondary N) is 1. The van der Waals surface area contributed by atoms with Crippen molar-refractivity contribution < 1.29 is 0 Å². The average molecular weight is 257 g/mol. The monoisotopic (exact) mass is 257 g/mol. The second-order valence-corrected chi connectivity index (χ2v) is 5.39. The molecule has 1 rings (SSSR count). The summed E-state index contributed by atoms with van der Waals surface area (Å²) in [6, 6.07) is 0.460. The molecule has 6 heteroatoms. The van der Waals surface area contributed by atoms with E-state index in [9.17, 15) is 0 Å². The fourth-order valence-corrected chi connectivity index (χ4v) is 2.00. The third-order valence-electron chi connectivity index (χ3n) is 2.49. The maximum Gasteiger partial charge on any atom is 0.165 e. The molecule has 0 aliphatic carbocycles. The van der Waals surface area contributed by atoms with Gasteiger partial charge in [-0.3, -0.25) is 0 Å². The molecule has 0 atom stereocenters. The lowest BCUT2D eigenvalue weighted by Gasteiger charge is -2.08. The molecule has 0 spiro atoms. The Labute approximate surface area is 108 Å². The van der Waals surface area contributed by atoms with Gasteiger partial charge in [0.1, 0.15) is 0 Å². The topological polar surface area (TPSA) is 55.6 Å². The molecule has 98 valence electrons. The van der Waals surface area contributed by atoms with Gasteiger partial charge < -0.3 is 5.32 Å². The van der Waals surface area contributed by atoms with Gasteiger partial charge >= 0.3 is 0 Å². The van der Waals surface area contributed by atoms with E-state index in [0.717, 1.165) is 25.3 Å². The van der Waals surface area contributed by atoms with Gasteiger partial charge in [0, 0.05) is 12.6 Å². The minimum Gasteiger partial charge on any atom is -0.308 e. The summed E-state index contributed by atoms with van der Waals surface area (Å²) in [7, 11) is 0. The van der Waals surface area contributed by atoms with Crippen molar-refractivity contribution in [3.8, 4) is 0 Å². The summed E-state index contributed by atoms with van der Waals surface area (Å²) in [6.45, 7) is 5.92. The number of hydrogen-bond donors (Lipinski definition) is 1. The number of hydrogen-bond acceptors (Lipinski definition) is 5. The highest BCUT2D eigenvalue weighted by molar-refractivity contribution is 7.98. The smallest absolute Gasteiger partial charge is 0.165 e. The van der Waals surface area contributed by atoms with Crippen LogP contribution in [-0.2, 0) is 13.1 Å². The normalized spacial score (nSPS) is 11.3. The van der Waals surface area contributed by atoms with Crippen molar-refractivity contribution in [1.82, 2.24) is 25.5 Å². The Hall–Kier alpha value is -0.620. The van der Waals surface area contributed by atoms with Gasteiger partial charge in [0.2, 0.25) is 0 Å². The molecule has 0 bridgehead atoms. The molecule has 1 heterocycles. The number of aromatic nitrogens is 4. The van der Waals surface area contributed by atoms with E-state index < -0.39 is 0 Å². The van der Waals surface area contributed by atoms with Gasteiger partial charge in [-0.1, -0.05) is 20.3 Å². The van der Waals surface area contributed by atoms with E-state index in [1.165, 1.54) is 18.6 Å². The van der Waals surface area contributed by atoms with Crippen LogP contribution in [0.1, 0.15) is 38.9 Å². The van der Waals surface area contributed by atoms with Crippen LogP contribution in [0.3, 0.4) is 0 Å². The lowest BCUT2D eigenvalue weighted by molar-refractivity contribution is 0.494. The van der Waals surface area contributed by atoms with Crippen LogP contribution in [0, 0.1) is 0 Å². The molecule has 0 amide bonds. The molecule has 0 unspecified atom stereocenters. The average Bonchev–Trinajstić information content (AvgIpc) is 2.73. The quantitative estimate of drug-likeness (QED) is 0.682. The number of unbranched alkanes of at least 4 members (excludes halogenated alkanes) is 2. The summed E-state index contributed by atoms with van der Waals surface area (Å²) in [5.41, 5.74) is 0. The maximum atomic E-state index is 4.04. The van der Waals surface area contributed by atoms with E-state index in [1.807, 2.05) is 16.4 Å². The van der Waals surface area contributed by atoms with E-state index in [1.54, 1.807) is 0 Å². The van der Waals surface area contributed by atoms with Gasteiger partial charge in [-0.2, -0.15) is 11.8 Å². The van der Waals surface area contributed by atoms with E-state index in [2.05, 4.69) is 40.9 Å². The Morgan fingerprint density at radius 3 is 2.82 bits per heavy atom. The molecule has 5 nitrogen and oxygen atoms in total. The SMILES string of the molecule is CSCCCCCn1nnnc1CNC(C)C. The second kappa shape index (κ2) is 8.47. The highest BCUT2D eigenvalue weighted by Crippen LogP contribution is 2.04. The Bertz CT molecular complexity index is 300. The van der Waals surface area contributed by atoms with Gasteiger partial charge in [0.05, 0.1) is 6.54 Å². The Kier molecular flexibility index (Phi) is 7.19. The first kappa shape index (κ1) is 14.4. The van der Waals surface area contributed by atoms with Crippen molar-refractivity contribution in [1.29, 1.82) is 0 Å². The number of rotatable bonds is 9. The second-order valence-electron chi connectivity index (χ2n) is 4.41. The summed E-state index contributed by atoms with van der Waals surface area (Å²) >= 11 is 1.91. The lowest BCUT2D eigenvalue weighted by Crippen LogP contribution is -2.24. The summed E-state index contributed by atoms with van der Waals surface area (Å²) in [5.74, 6) is 2.18. The number of tetrazole rings is 1. The number of thioether (sulfide) groups is 1. The summed E-state index contributed by atoms with van der Waals surface area (Å²) in [6.07, 6.45) is 5.83. The van der Waals surface area contributed by atoms with Crippen molar-refractivity contribution in [2.24, 2.45) is 0 Å². The standard InChI is InChI=1S/C11H23N5S/c1-10(2)12-9-11-13-14-15-16(11)7-5-4-6-8-17-3/h10,12H,4-9H2,1-3H3. The van der Waals surface area contributed by atoms with Gasteiger partial charge in [-0.25, -0.2) is 4.68 Å². The third kappa shape index (κ3) is 6.02. The lowest BCUT2D eigenvalue weighted by atomic mass is 10.2. The van der Waals surface area contributed by atoms with Crippen molar-refractivity contribution in [3.05, 3.63) is 5.82 Å². The molecule has 17 heavy (non-hydrogen) atoms. The molecule has 1 aromatic rings.